The number of fused-ring (bicyclic) bond motifs is 5. The van der Waals surface area contributed by atoms with E-state index in [1.54, 1.807) is 0 Å². The maximum atomic E-state index is 12.9. The minimum absolute atomic E-state index is 0.0209. The number of benzene rings is 1. The number of carbonyl (C=O) groups excluding carboxylic acids is 1. The van der Waals surface area contributed by atoms with Gasteiger partial charge in [0.2, 0.25) is 11.8 Å². The third-order valence-electron chi connectivity index (χ3n) is 5.07. The van der Waals surface area contributed by atoms with E-state index in [-0.39, 0.29) is 35.8 Å². The lowest BCUT2D eigenvalue weighted by atomic mass is 9.95. The SMILES string of the molecule is COCC(=O)N1Cc2c(OS(=O)(=O)C(F)(F)F)nc3cc(Cl)c4c(c3c2C1)CCCO4. The fourth-order valence-corrected chi connectivity index (χ4v) is 4.47. The van der Waals surface area contributed by atoms with Crippen LogP contribution in [0.2, 0.25) is 5.02 Å². The number of carbonyl (C=O) groups is 1. The Bertz CT molecular complexity index is 1190. The predicted molar refractivity (Wildman–Crippen MR) is 102 cm³/mol. The molecule has 3 heterocycles. The van der Waals surface area contributed by atoms with Crippen molar-refractivity contribution in [3.8, 4) is 11.6 Å². The number of hydrogen-bond donors (Lipinski definition) is 0. The molecule has 13 heteroatoms. The van der Waals surface area contributed by atoms with Crippen LogP contribution in [0.1, 0.15) is 23.1 Å². The number of hydrogen-bond acceptors (Lipinski definition) is 7. The molecule has 0 radical (unpaired) electrons. The molecule has 31 heavy (non-hydrogen) atoms. The highest BCUT2D eigenvalue weighted by molar-refractivity contribution is 7.87. The number of aromatic nitrogens is 1. The summed E-state index contributed by atoms with van der Waals surface area (Å²) in [5.41, 5.74) is -4.24. The second-order valence-corrected chi connectivity index (χ2v) is 9.00. The first-order valence-electron chi connectivity index (χ1n) is 9.10. The first-order valence-corrected chi connectivity index (χ1v) is 10.9. The van der Waals surface area contributed by atoms with Crippen LogP contribution in [-0.4, -0.2) is 50.0 Å². The quantitative estimate of drug-likeness (QED) is 0.490. The molecular formula is C18H16ClF3N2O6S. The summed E-state index contributed by atoms with van der Waals surface area (Å²) < 4.78 is 76.9. The molecule has 1 aromatic carbocycles. The molecule has 2 aliphatic rings. The number of aryl methyl sites for hydroxylation is 1. The standard InChI is InChI=1S/C18H16ClF3N2O6S/c1-28-8-14(25)24-6-10-11(7-24)17(30-31(26,27)18(20,21)22)23-13-5-12(19)16-9(15(10)13)3-2-4-29-16/h5H,2-4,6-8H2,1H3. The van der Waals surface area contributed by atoms with Gasteiger partial charge < -0.3 is 18.6 Å². The largest absolute Gasteiger partial charge is 0.534 e. The number of alkyl halides is 3. The Kier molecular flexibility index (Phi) is 5.42. The van der Waals surface area contributed by atoms with Crippen LogP contribution in [0.15, 0.2) is 6.07 Å². The van der Waals surface area contributed by atoms with Crippen LogP contribution in [0.3, 0.4) is 0 Å². The molecule has 0 bridgehead atoms. The molecule has 2 aliphatic heterocycles. The van der Waals surface area contributed by atoms with E-state index in [1.807, 2.05) is 0 Å². The maximum Gasteiger partial charge on any atom is 0.534 e. The van der Waals surface area contributed by atoms with Crippen molar-refractivity contribution in [2.24, 2.45) is 0 Å². The zero-order valence-electron chi connectivity index (χ0n) is 16.1. The average molecular weight is 481 g/mol. The van der Waals surface area contributed by atoms with Gasteiger partial charge in [-0.15, -0.1) is 0 Å². The van der Waals surface area contributed by atoms with Gasteiger partial charge in [-0.3, -0.25) is 4.79 Å². The van der Waals surface area contributed by atoms with Crippen LogP contribution in [0.4, 0.5) is 13.2 Å². The topological polar surface area (TPSA) is 95.0 Å². The minimum Gasteiger partial charge on any atom is -0.492 e. The number of rotatable bonds is 4. The van der Waals surface area contributed by atoms with Crippen molar-refractivity contribution in [2.75, 3.05) is 20.3 Å². The van der Waals surface area contributed by atoms with Crippen molar-refractivity contribution in [3.63, 3.8) is 0 Å². The molecule has 0 aliphatic carbocycles. The molecule has 0 N–H and O–H groups in total. The summed E-state index contributed by atoms with van der Waals surface area (Å²) in [5, 5.41) is 0.767. The zero-order valence-corrected chi connectivity index (χ0v) is 17.7. The molecule has 0 saturated heterocycles. The second kappa shape index (κ2) is 7.68. The Morgan fingerprint density at radius 2 is 2.00 bits per heavy atom. The summed E-state index contributed by atoms with van der Waals surface area (Å²) in [7, 11) is -4.63. The Balaban J connectivity index is 1.93. The van der Waals surface area contributed by atoms with E-state index in [2.05, 4.69) is 9.17 Å². The van der Waals surface area contributed by atoms with Crippen molar-refractivity contribution in [3.05, 3.63) is 27.8 Å². The Labute approximate surface area is 180 Å². The van der Waals surface area contributed by atoms with E-state index in [0.29, 0.717) is 41.7 Å². The molecule has 0 saturated carbocycles. The van der Waals surface area contributed by atoms with Gasteiger partial charge in [-0.2, -0.15) is 21.6 Å². The molecule has 0 fully saturated rings. The lowest BCUT2D eigenvalue weighted by Gasteiger charge is -2.22. The van der Waals surface area contributed by atoms with E-state index >= 15 is 0 Å². The summed E-state index contributed by atoms with van der Waals surface area (Å²) in [5.74, 6) is -0.710. The van der Waals surface area contributed by atoms with Crippen molar-refractivity contribution >= 4 is 38.5 Å². The third-order valence-corrected chi connectivity index (χ3v) is 6.29. The van der Waals surface area contributed by atoms with Crippen LogP contribution in [-0.2, 0) is 39.2 Å². The van der Waals surface area contributed by atoms with E-state index in [9.17, 15) is 26.4 Å². The number of pyridine rings is 1. The van der Waals surface area contributed by atoms with Crippen molar-refractivity contribution < 1.29 is 40.0 Å². The molecule has 1 aromatic heterocycles. The predicted octanol–water partition coefficient (Wildman–Crippen LogP) is 2.93. The number of amides is 1. The van der Waals surface area contributed by atoms with Gasteiger partial charge in [-0.1, -0.05) is 11.6 Å². The summed E-state index contributed by atoms with van der Waals surface area (Å²) in [6.07, 6.45) is 1.26. The van der Waals surface area contributed by atoms with E-state index in [0.717, 1.165) is 0 Å². The molecule has 0 spiro atoms. The summed E-state index contributed by atoms with van der Waals surface area (Å²) in [4.78, 5) is 17.7. The maximum absolute atomic E-state index is 12.9. The molecule has 8 nitrogen and oxygen atoms in total. The zero-order chi connectivity index (χ0) is 22.6. The Morgan fingerprint density at radius 1 is 1.29 bits per heavy atom. The van der Waals surface area contributed by atoms with E-state index in [4.69, 9.17) is 21.1 Å². The fraction of sp³-hybridized carbons (Fsp3) is 0.444. The highest BCUT2D eigenvalue weighted by Gasteiger charge is 2.49. The molecule has 0 atom stereocenters. The van der Waals surface area contributed by atoms with Crippen LogP contribution >= 0.6 is 11.6 Å². The second-order valence-electron chi connectivity index (χ2n) is 7.05. The summed E-state index contributed by atoms with van der Waals surface area (Å²) in [6.45, 7) is 0.0508. The average Bonchev–Trinajstić information content (AvgIpc) is 3.13. The number of ether oxygens (including phenoxy) is 2. The van der Waals surface area contributed by atoms with Gasteiger partial charge in [-0.25, -0.2) is 4.98 Å². The first kappa shape index (κ1) is 21.9. The smallest absolute Gasteiger partial charge is 0.492 e. The van der Waals surface area contributed by atoms with Gasteiger partial charge >= 0.3 is 15.6 Å². The van der Waals surface area contributed by atoms with Crippen LogP contribution < -0.4 is 8.92 Å². The van der Waals surface area contributed by atoms with Crippen molar-refractivity contribution in [1.29, 1.82) is 0 Å². The molecule has 1 amide bonds. The highest BCUT2D eigenvalue weighted by atomic mass is 35.5. The third kappa shape index (κ3) is 3.76. The van der Waals surface area contributed by atoms with Gasteiger partial charge in [0.05, 0.1) is 23.7 Å². The molecule has 2 aromatic rings. The Hall–Kier alpha value is -2.31. The number of nitrogens with zero attached hydrogens (tertiary/aromatic N) is 2. The monoisotopic (exact) mass is 480 g/mol. The van der Waals surface area contributed by atoms with Crippen molar-refractivity contribution in [1.82, 2.24) is 9.88 Å². The van der Waals surface area contributed by atoms with Gasteiger partial charge in [-0.05, 0) is 24.5 Å². The van der Waals surface area contributed by atoms with Crippen LogP contribution in [0, 0.1) is 0 Å². The first-order chi connectivity index (χ1) is 14.5. The molecule has 168 valence electrons. The molecule has 4 rings (SSSR count). The van der Waals surface area contributed by atoms with E-state index in [1.165, 1.54) is 18.1 Å². The van der Waals surface area contributed by atoms with Crippen molar-refractivity contribution in [2.45, 2.75) is 31.4 Å². The molecule has 0 unspecified atom stereocenters. The van der Waals surface area contributed by atoms with Crippen LogP contribution in [0.25, 0.3) is 10.9 Å². The lowest BCUT2D eigenvalue weighted by Crippen LogP contribution is -2.29. The summed E-state index contributed by atoms with van der Waals surface area (Å²) in [6, 6.07) is 1.38. The normalized spacial score (nSPS) is 16.1. The molecular weight excluding hydrogens is 465 g/mol. The van der Waals surface area contributed by atoms with Crippen LogP contribution in [0.5, 0.6) is 11.6 Å². The Morgan fingerprint density at radius 3 is 2.68 bits per heavy atom. The van der Waals surface area contributed by atoms with Gasteiger partial charge in [0.1, 0.15) is 12.4 Å². The van der Waals surface area contributed by atoms with Gasteiger partial charge in [0.25, 0.3) is 0 Å². The minimum atomic E-state index is -5.96. The fourth-order valence-electron chi connectivity index (χ4n) is 3.76. The lowest BCUT2D eigenvalue weighted by molar-refractivity contribution is -0.135. The number of methoxy groups -OCH3 is 1. The van der Waals surface area contributed by atoms with Gasteiger partial charge in [0.15, 0.2) is 0 Å². The van der Waals surface area contributed by atoms with Gasteiger partial charge in [0, 0.05) is 30.2 Å². The van der Waals surface area contributed by atoms with E-state index < -0.39 is 27.4 Å². The number of halogens is 4. The summed E-state index contributed by atoms with van der Waals surface area (Å²) >= 11 is 6.27. The highest BCUT2D eigenvalue weighted by Crippen LogP contribution is 2.44.